The third-order valence-corrected chi connectivity index (χ3v) is 3.57. The van der Waals surface area contributed by atoms with Crippen molar-refractivity contribution in [2.45, 2.75) is 20.3 Å². The first-order chi connectivity index (χ1) is 10.2. The zero-order chi connectivity index (χ0) is 15.2. The number of methoxy groups -OCH3 is 1. The molecule has 0 bridgehead atoms. The van der Waals surface area contributed by atoms with Crippen molar-refractivity contribution in [1.29, 1.82) is 0 Å². The number of hydrogen-bond acceptors (Lipinski definition) is 5. The first-order valence-corrected chi connectivity index (χ1v) is 7.58. The van der Waals surface area contributed by atoms with Gasteiger partial charge in [-0.25, -0.2) is 9.97 Å². The molecule has 5 nitrogen and oxygen atoms in total. The number of rotatable bonds is 6. The van der Waals surface area contributed by atoms with Gasteiger partial charge in [0.2, 0.25) is 5.88 Å². The number of nitrogens with one attached hydrogen (secondary N) is 1. The summed E-state index contributed by atoms with van der Waals surface area (Å²) in [5, 5.41) is 3.22. The van der Waals surface area contributed by atoms with Gasteiger partial charge in [0.05, 0.1) is 17.1 Å². The van der Waals surface area contributed by atoms with Gasteiger partial charge in [0.15, 0.2) is 0 Å². The monoisotopic (exact) mass is 351 g/mol. The third-order valence-electron chi connectivity index (χ3n) is 2.95. The molecule has 1 heterocycles. The highest BCUT2D eigenvalue weighted by Gasteiger charge is 2.13. The van der Waals surface area contributed by atoms with E-state index in [2.05, 4.69) is 38.1 Å². The van der Waals surface area contributed by atoms with Gasteiger partial charge in [-0.2, -0.15) is 0 Å². The molecule has 112 valence electrons. The summed E-state index contributed by atoms with van der Waals surface area (Å²) in [5.41, 5.74) is 0.960. The molecule has 0 saturated carbocycles. The van der Waals surface area contributed by atoms with Gasteiger partial charge < -0.3 is 14.8 Å². The van der Waals surface area contributed by atoms with E-state index >= 15 is 0 Å². The molecule has 2 aromatic rings. The van der Waals surface area contributed by atoms with Crippen molar-refractivity contribution in [1.82, 2.24) is 9.97 Å². The molecule has 0 amide bonds. The van der Waals surface area contributed by atoms with Crippen LogP contribution >= 0.6 is 15.9 Å². The van der Waals surface area contributed by atoms with Crippen LogP contribution in [0.4, 0.5) is 5.82 Å². The molecule has 1 N–H and O–H groups in total. The number of benzene rings is 1. The summed E-state index contributed by atoms with van der Waals surface area (Å²) in [6.07, 6.45) is 2.29. The fourth-order valence-corrected chi connectivity index (χ4v) is 2.36. The minimum Gasteiger partial charge on any atom is -0.497 e. The summed E-state index contributed by atoms with van der Waals surface area (Å²) in [4.78, 5) is 8.50. The molecule has 0 unspecified atom stereocenters. The van der Waals surface area contributed by atoms with E-state index in [4.69, 9.17) is 9.47 Å². The van der Waals surface area contributed by atoms with Crippen LogP contribution in [0.5, 0.6) is 17.4 Å². The lowest BCUT2D eigenvalue weighted by atomic mass is 10.2. The lowest BCUT2D eigenvalue weighted by molar-refractivity contribution is 0.411. The zero-order valence-corrected chi connectivity index (χ0v) is 13.9. The van der Waals surface area contributed by atoms with Gasteiger partial charge in [-0.05, 0) is 47.5 Å². The van der Waals surface area contributed by atoms with Crippen molar-refractivity contribution >= 4 is 21.7 Å². The number of hydrogen-bond donors (Lipinski definition) is 1. The lowest BCUT2D eigenvalue weighted by Crippen LogP contribution is -2.05. The van der Waals surface area contributed by atoms with Gasteiger partial charge in [-0.15, -0.1) is 0 Å². The Hall–Kier alpha value is -1.82. The number of ether oxygens (including phenoxy) is 2. The summed E-state index contributed by atoms with van der Waals surface area (Å²) in [6.45, 7) is 4.88. The highest BCUT2D eigenvalue weighted by Crippen LogP contribution is 2.34. The molecule has 0 spiro atoms. The Balaban J connectivity index is 2.33. The molecule has 2 rings (SSSR count). The zero-order valence-electron chi connectivity index (χ0n) is 12.3. The average Bonchev–Trinajstić information content (AvgIpc) is 2.50. The molecule has 0 aliphatic heterocycles. The fourth-order valence-electron chi connectivity index (χ4n) is 1.92. The Kier molecular flexibility index (Phi) is 5.38. The first-order valence-electron chi connectivity index (χ1n) is 6.78. The van der Waals surface area contributed by atoms with Crippen molar-refractivity contribution in [3.8, 4) is 17.4 Å². The van der Waals surface area contributed by atoms with Gasteiger partial charge in [0.25, 0.3) is 0 Å². The second kappa shape index (κ2) is 7.26. The quantitative estimate of drug-likeness (QED) is 0.851. The largest absolute Gasteiger partial charge is 0.497 e. The topological polar surface area (TPSA) is 56.3 Å². The molecular weight excluding hydrogens is 334 g/mol. The standard InChI is InChI=1S/C15H18BrN3O2/c1-4-11-14(17-5-2)18-9-19-15(11)21-13-7-6-10(20-3)8-12(13)16/h6-9H,4-5H2,1-3H3,(H,17,18,19). The van der Waals surface area contributed by atoms with Crippen LogP contribution in [0.25, 0.3) is 0 Å². The maximum absolute atomic E-state index is 5.92. The molecule has 0 aliphatic rings. The van der Waals surface area contributed by atoms with Crippen molar-refractivity contribution < 1.29 is 9.47 Å². The number of aromatic nitrogens is 2. The summed E-state index contributed by atoms with van der Waals surface area (Å²) in [6, 6.07) is 5.54. The van der Waals surface area contributed by atoms with E-state index in [9.17, 15) is 0 Å². The first kappa shape index (κ1) is 15.6. The molecule has 0 fully saturated rings. The SMILES string of the molecule is CCNc1ncnc(Oc2ccc(OC)cc2Br)c1CC. The molecule has 6 heteroatoms. The van der Waals surface area contributed by atoms with E-state index in [1.807, 2.05) is 25.1 Å². The third kappa shape index (κ3) is 3.64. The van der Waals surface area contributed by atoms with Crippen molar-refractivity contribution in [3.63, 3.8) is 0 Å². The van der Waals surface area contributed by atoms with Crippen LogP contribution in [0.1, 0.15) is 19.4 Å². The Morgan fingerprint density at radius 3 is 2.67 bits per heavy atom. The van der Waals surface area contributed by atoms with Crippen LogP contribution in [0.3, 0.4) is 0 Å². The van der Waals surface area contributed by atoms with E-state index in [0.29, 0.717) is 11.6 Å². The van der Waals surface area contributed by atoms with E-state index in [1.165, 1.54) is 6.33 Å². The van der Waals surface area contributed by atoms with Crippen molar-refractivity contribution in [3.05, 3.63) is 34.6 Å². The second-order valence-electron chi connectivity index (χ2n) is 4.29. The normalized spacial score (nSPS) is 10.3. The predicted molar refractivity (Wildman–Crippen MR) is 86.3 cm³/mol. The number of nitrogens with zero attached hydrogens (tertiary/aromatic N) is 2. The van der Waals surface area contributed by atoms with Crippen LogP contribution in [0, 0.1) is 0 Å². The van der Waals surface area contributed by atoms with Crippen LogP contribution in [0.15, 0.2) is 29.0 Å². The van der Waals surface area contributed by atoms with Crippen LogP contribution < -0.4 is 14.8 Å². The predicted octanol–water partition coefficient (Wildman–Crippen LogP) is 4.03. The minimum absolute atomic E-state index is 0.564. The van der Waals surface area contributed by atoms with Gasteiger partial charge in [-0.3, -0.25) is 0 Å². The Labute approximate surface area is 132 Å². The Morgan fingerprint density at radius 1 is 1.24 bits per heavy atom. The summed E-state index contributed by atoms with van der Waals surface area (Å²) < 4.78 is 11.9. The summed E-state index contributed by atoms with van der Waals surface area (Å²) in [7, 11) is 1.63. The molecule has 0 aliphatic carbocycles. The van der Waals surface area contributed by atoms with Gasteiger partial charge in [-0.1, -0.05) is 6.92 Å². The van der Waals surface area contributed by atoms with Crippen molar-refractivity contribution in [2.24, 2.45) is 0 Å². The molecular formula is C15H18BrN3O2. The van der Waals surface area contributed by atoms with E-state index in [1.54, 1.807) is 7.11 Å². The van der Waals surface area contributed by atoms with E-state index in [0.717, 1.165) is 34.6 Å². The van der Waals surface area contributed by atoms with Gasteiger partial charge in [0, 0.05) is 6.54 Å². The lowest BCUT2D eigenvalue weighted by Gasteiger charge is -2.14. The average molecular weight is 352 g/mol. The molecule has 0 radical (unpaired) electrons. The van der Waals surface area contributed by atoms with Gasteiger partial charge in [0.1, 0.15) is 23.6 Å². The van der Waals surface area contributed by atoms with Crippen LogP contribution in [-0.2, 0) is 6.42 Å². The molecule has 1 aromatic heterocycles. The maximum Gasteiger partial charge on any atom is 0.227 e. The molecule has 0 atom stereocenters. The Morgan fingerprint density at radius 2 is 2.05 bits per heavy atom. The Bertz CT molecular complexity index is 620. The number of anilines is 1. The minimum atomic E-state index is 0.564. The summed E-state index contributed by atoms with van der Waals surface area (Å²) in [5.74, 6) is 2.83. The second-order valence-corrected chi connectivity index (χ2v) is 5.14. The molecule has 21 heavy (non-hydrogen) atoms. The van der Waals surface area contributed by atoms with E-state index < -0.39 is 0 Å². The van der Waals surface area contributed by atoms with Crippen LogP contribution in [-0.4, -0.2) is 23.6 Å². The van der Waals surface area contributed by atoms with E-state index in [-0.39, 0.29) is 0 Å². The smallest absolute Gasteiger partial charge is 0.227 e. The number of halogens is 1. The molecule has 1 aromatic carbocycles. The highest BCUT2D eigenvalue weighted by atomic mass is 79.9. The van der Waals surface area contributed by atoms with Gasteiger partial charge >= 0.3 is 0 Å². The maximum atomic E-state index is 5.92. The van der Waals surface area contributed by atoms with Crippen LogP contribution in [0.2, 0.25) is 0 Å². The van der Waals surface area contributed by atoms with Crippen molar-refractivity contribution in [2.75, 3.05) is 19.0 Å². The fraction of sp³-hybridized carbons (Fsp3) is 0.333. The summed E-state index contributed by atoms with van der Waals surface area (Å²) >= 11 is 3.48. The molecule has 0 saturated heterocycles. The highest BCUT2D eigenvalue weighted by molar-refractivity contribution is 9.10.